The first kappa shape index (κ1) is 25.3. The Morgan fingerprint density at radius 3 is 2.30 bits per heavy atom. The van der Waals surface area contributed by atoms with Crippen LogP contribution in [0.25, 0.3) is 0 Å². The highest BCUT2D eigenvalue weighted by molar-refractivity contribution is 5.83. The van der Waals surface area contributed by atoms with Crippen molar-refractivity contribution >= 4 is 11.8 Å². The van der Waals surface area contributed by atoms with E-state index in [1.165, 1.54) is 0 Å². The van der Waals surface area contributed by atoms with Gasteiger partial charge in [0.25, 0.3) is 0 Å². The quantitative estimate of drug-likeness (QED) is 0.466. The van der Waals surface area contributed by atoms with Gasteiger partial charge in [-0.2, -0.15) is 0 Å². The first-order chi connectivity index (χ1) is 15.8. The van der Waals surface area contributed by atoms with Gasteiger partial charge in [0.15, 0.2) is 0 Å². The van der Waals surface area contributed by atoms with Crippen LogP contribution in [-0.4, -0.2) is 67.8 Å². The van der Waals surface area contributed by atoms with Crippen LogP contribution in [0.4, 0.5) is 0 Å². The Labute approximate surface area is 197 Å². The van der Waals surface area contributed by atoms with Gasteiger partial charge < -0.3 is 30.1 Å². The monoisotopic (exact) mass is 461 g/mol. The lowest BCUT2D eigenvalue weighted by Crippen LogP contribution is -2.51. The van der Waals surface area contributed by atoms with Gasteiger partial charge >= 0.3 is 0 Å². The Bertz CT molecular complexity index is 789. The molecule has 8 heteroatoms. The predicted molar refractivity (Wildman–Crippen MR) is 126 cm³/mol. The lowest BCUT2D eigenvalue weighted by Gasteiger charge is -2.33. The summed E-state index contributed by atoms with van der Waals surface area (Å²) < 4.78 is 10.8. The summed E-state index contributed by atoms with van der Waals surface area (Å²) in [5, 5.41) is 15.9. The second-order valence-electron chi connectivity index (χ2n) is 9.72. The number of piperidine rings is 1. The Morgan fingerprint density at radius 2 is 1.76 bits per heavy atom. The zero-order chi connectivity index (χ0) is 24.0. The van der Waals surface area contributed by atoms with Crippen molar-refractivity contribution in [3.63, 3.8) is 0 Å². The normalized spacial score (nSPS) is 21.4. The van der Waals surface area contributed by atoms with Crippen molar-refractivity contribution in [2.75, 3.05) is 33.9 Å². The van der Waals surface area contributed by atoms with Gasteiger partial charge in [0.05, 0.1) is 38.7 Å². The summed E-state index contributed by atoms with van der Waals surface area (Å²) in [5.74, 6) is 1.24. The van der Waals surface area contributed by atoms with Gasteiger partial charge in [0, 0.05) is 31.7 Å². The summed E-state index contributed by atoms with van der Waals surface area (Å²) in [7, 11) is 3.23. The van der Waals surface area contributed by atoms with E-state index < -0.39 is 0 Å². The van der Waals surface area contributed by atoms with Gasteiger partial charge in [0.2, 0.25) is 11.8 Å². The second-order valence-corrected chi connectivity index (χ2v) is 9.72. The van der Waals surface area contributed by atoms with Crippen LogP contribution < -0.4 is 20.1 Å². The number of carbonyl (C=O) groups is 2. The van der Waals surface area contributed by atoms with Crippen LogP contribution in [0.1, 0.15) is 45.1 Å². The van der Waals surface area contributed by atoms with Crippen LogP contribution in [-0.2, 0) is 16.1 Å². The van der Waals surface area contributed by atoms with E-state index in [9.17, 15) is 14.7 Å². The summed E-state index contributed by atoms with van der Waals surface area (Å²) in [6.45, 7) is 5.66. The molecule has 1 aromatic carbocycles. The van der Waals surface area contributed by atoms with E-state index in [0.717, 1.165) is 24.8 Å². The van der Waals surface area contributed by atoms with E-state index in [-0.39, 0.29) is 42.3 Å². The standard InChI is InChI=1S/C25H39N3O5/c1-16(2)7-20(15-29)27-24(30)18-10-19(13-26-12-18)25(31)28(21-5-6-21)14-17-8-22(32-3)11-23(9-17)33-4/h8-9,11,16,18-21,26,29H,5-7,10,12-15H2,1-4H3,(H,27,30)/t18-,19+,20?/m0/s1. The fourth-order valence-electron chi connectivity index (χ4n) is 4.56. The topological polar surface area (TPSA) is 100 Å². The number of benzene rings is 1. The fraction of sp³-hybridized carbons (Fsp3) is 0.680. The minimum Gasteiger partial charge on any atom is -0.497 e. The van der Waals surface area contributed by atoms with Gasteiger partial charge in [-0.25, -0.2) is 0 Å². The molecule has 3 atom stereocenters. The molecule has 2 aliphatic rings. The number of carbonyl (C=O) groups excluding carboxylic acids is 2. The molecule has 3 rings (SSSR count). The average molecular weight is 462 g/mol. The Morgan fingerprint density at radius 1 is 1.12 bits per heavy atom. The van der Waals surface area contributed by atoms with E-state index in [4.69, 9.17) is 9.47 Å². The van der Waals surface area contributed by atoms with Gasteiger partial charge in [-0.05, 0) is 49.3 Å². The Hall–Kier alpha value is -2.32. The molecule has 1 saturated heterocycles. The van der Waals surface area contributed by atoms with Gasteiger partial charge in [0.1, 0.15) is 11.5 Å². The summed E-state index contributed by atoms with van der Waals surface area (Å²) >= 11 is 0. The number of hydrogen-bond acceptors (Lipinski definition) is 6. The average Bonchev–Trinajstić information content (AvgIpc) is 3.66. The molecule has 0 aromatic heterocycles. The third-order valence-corrected chi connectivity index (χ3v) is 6.43. The number of hydrogen-bond donors (Lipinski definition) is 3. The molecule has 0 bridgehead atoms. The maximum absolute atomic E-state index is 13.5. The molecule has 2 fully saturated rings. The molecule has 1 aromatic rings. The minimum absolute atomic E-state index is 0.0775. The summed E-state index contributed by atoms with van der Waals surface area (Å²) in [6, 6.07) is 5.68. The molecule has 1 heterocycles. The van der Waals surface area contributed by atoms with Crippen molar-refractivity contribution in [1.82, 2.24) is 15.5 Å². The molecule has 3 N–H and O–H groups in total. The number of nitrogens with zero attached hydrogens (tertiary/aromatic N) is 1. The van der Waals surface area contributed by atoms with Gasteiger partial charge in [-0.1, -0.05) is 13.8 Å². The molecule has 1 aliphatic heterocycles. The van der Waals surface area contributed by atoms with Crippen molar-refractivity contribution in [2.24, 2.45) is 17.8 Å². The van der Waals surface area contributed by atoms with Crippen LogP contribution in [0.5, 0.6) is 11.5 Å². The van der Waals surface area contributed by atoms with E-state index in [1.807, 2.05) is 23.1 Å². The molecule has 0 spiro atoms. The zero-order valence-corrected chi connectivity index (χ0v) is 20.3. The van der Waals surface area contributed by atoms with E-state index in [1.54, 1.807) is 14.2 Å². The molecule has 8 nitrogen and oxygen atoms in total. The van der Waals surface area contributed by atoms with Gasteiger partial charge in [-0.3, -0.25) is 9.59 Å². The fourth-order valence-corrected chi connectivity index (χ4v) is 4.56. The molecule has 33 heavy (non-hydrogen) atoms. The highest BCUT2D eigenvalue weighted by atomic mass is 16.5. The molecule has 2 amide bonds. The highest BCUT2D eigenvalue weighted by Crippen LogP contribution is 2.33. The molecule has 1 aliphatic carbocycles. The van der Waals surface area contributed by atoms with Gasteiger partial charge in [-0.15, -0.1) is 0 Å². The molecule has 1 saturated carbocycles. The van der Waals surface area contributed by atoms with Crippen LogP contribution in [0.2, 0.25) is 0 Å². The molecular formula is C25H39N3O5. The summed E-state index contributed by atoms with van der Waals surface area (Å²) in [4.78, 5) is 28.3. The third-order valence-electron chi connectivity index (χ3n) is 6.43. The number of aliphatic hydroxyl groups excluding tert-OH is 1. The van der Waals surface area contributed by atoms with E-state index in [0.29, 0.717) is 43.5 Å². The third kappa shape index (κ3) is 7.08. The SMILES string of the molecule is COc1cc(CN(C(=O)[C@H]2CNC[C@@H](C(=O)NC(CO)CC(C)C)C2)C2CC2)cc(OC)c1. The van der Waals surface area contributed by atoms with Crippen molar-refractivity contribution in [3.8, 4) is 11.5 Å². The molecule has 1 unspecified atom stereocenters. The summed E-state index contributed by atoms with van der Waals surface area (Å²) in [6.07, 6.45) is 3.25. The number of amides is 2. The van der Waals surface area contributed by atoms with E-state index >= 15 is 0 Å². The second kappa shape index (κ2) is 11.7. The largest absolute Gasteiger partial charge is 0.497 e. The number of aliphatic hydroxyl groups is 1. The predicted octanol–water partition coefficient (Wildman–Crippen LogP) is 1.94. The highest BCUT2D eigenvalue weighted by Gasteiger charge is 2.39. The van der Waals surface area contributed by atoms with Crippen LogP contribution in [0.3, 0.4) is 0 Å². The van der Waals surface area contributed by atoms with E-state index in [2.05, 4.69) is 24.5 Å². The number of nitrogens with one attached hydrogen (secondary N) is 2. The van der Waals surface area contributed by atoms with Crippen molar-refractivity contribution < 1.29 is 24.2 Å². The molecular weight excluding hydrogens is 422 g/mol. The smallest absolute Gasteiger partial charge is 0.227 e. The number of ether oxygens (including phenoxy) is 2. The lowest BCUT2D eigenvalue weighted by molar-refractivity contribution is -0.139. The maximum Gasteiger partial charge on any atom is 0.227 e. The maximum atomic E-state index is 13.5. The minimum atomic E-state index is -0.285. The van der Waals surface area contributed by atoms with Crippen LogP contribution >= 0.6 is 0 Å². The zero-order valence-electron chi connectivity index (χ0n) is 20.3. The lowest BCUT2D eigenvalue weighted by atomic mass is 9.88. The Kier molecular flexibility index (Phi) is 8.97. The van der Waals surface area contributed by atoms with Crippen LogP contribution in [0.15, 0.2) is 18.2 Å². The first-order valence-corrected chi connectivity index (χ1v) is 12.0. The number of rotatable bonds is 11. The van der Waals surface area contributed by atoms with Crippen molar-refractivity contribution in [3.05, 3.63) is 23.8 Å². The molecule has 184 valence electrons. The van der Waals surface area contributed by atoms with Crippen LogP contribution in [0, 0.1) is 17.8 Å². The van der Waals surface area contributed by atoms with Crippen molar-refractivity contribution in [2.45, 2.75) is 58.2 Å². The van der Waals surface area contributed by atoms with Crippen molar-refractivity contribution in [1.29, 1.82) is 0 Å². The molecule has 0 radical (unpaired) electrons. The Balaban J connectivity index is 1.66. The summed E-state index contributed by atoms with van der Waals surface area (Å²) in [5.41, 5.74) is 0.962. The first-order valence-electron chi connectivity index (χ1n) is 12.0. The number of methoxy groups -OCH3 is 2.